The van der Waals surface area contributed by atoms with Gasteiger partial charge in [0.15, 0.2) is 0 Å². The second-order valence-electron chi connectivity index (χ2n) is 7.40. The Morgan fingerprint density at radius 1 is 1.07 bits per heavy atom. The largest absolute Gasteiger partial charge is 0.493 e. The zero-order valence-corrected chi connectivity index (χ0v) is 16.7. The number of rotatable bonds is 5. The van der Waals surface area contributed by atoms with Crippen LogP contribution in [0.25, 0.3) is 6.08 Å². The highest BCUT2D eigenvalue weighted by molar-refractivity contribution is 5.92. The van der Waals surface area contributed by atoms with E-state index >= 15 is 0 Å². The van der Waals surface area contributed by atoms with Gasteiger partial charge in [0.1, 0.15) is 5.75 Å². The summed E-state index contributed by atoms with van der Waals surface area (Å²) in [5.41, 5.74) is 0.892. The van der Waals surface area contributed by atoms with Crippen LogP contribution in [0.4, 0.5) is 4.79 Å². The molecule has 0 bridgehead atoms. The second kappa shape index (κ2) is 10.2. The number of carbonyl (C=O) groups is 2. The first-order valence-electron chi connectivity index (χ1n) is 10.4. The van der Waals surface area contributed by atoms with Gasteiger partial charge < -0.3 is 19.9 Å². The maximum absolute atomic E-state index is 12.5. The molecule has 28 heavy (non-hydrogen) atoms. The number of para-hydroxylation sites is 1. The Labute approximate surface area is 167 Å². The number of nitrogens with one attached hydrogen (secondary N) is 1. The van der Waals surface area contributed by atoms with E-state index in [0.717, 1.165) is 24.2 Å². The number of carbonyl (C=O) groups excluding carboxylic acids is 2. The fraction of sp³-hybridized carbons (Fsp3) is 0.545. The molecule has 2 aliphatic rings. The van der Waals surface area contributed by atoms with Crippen molar-refractivity contribution < 1.29 is 14.3 Å². The molecular weight excluding hydrogens is 354 g/mol. The summed E-state index contributed by atoms with van der Waals surface area (Å²) in [5, 5.41) is 3.15. The quantitative estimate of drug-likeness (QED) is 0.791. The van der Waals surface area contributed by atoms with Crippen LogP contribution in [-0.2, 0) is 4.79 Å². The molecule has 3 amide bonds. The summed E-state index contributed by atoms with van der Waals surface area (Å²) < 4.78 is 5.59. The summed E-state index contributed by atoms with van der Waals surface area (Å²) in [6, 6.07) is 8.01. The summed E-state index contributed by atoms with van der Waals surface area (Å²) in [7, 11) is 0. The molecule has 0 aromatic heterocycles. The third-order valence-electron chi connectivity index (χ3n) is 5.44. The van der Waals surface area contributed by atoms with Crippen molar-refractivity contribution in [2.24, 2.45) is 0 Å². The monoisotopic (exact) mass is 385 g/mol. The average Bonchev–Trinajstić information content (AvgIpc) is 2.74. The molecule has 0 spiro atoms. The third kappa shape index (κ3) is 5.50. The molecule has 6 heteroatoms. The fourth-order valence-electron chi connectivity index (χ4n) is 3.81. The van der Waals surface area contributed by atoms with Gasteiger partial charge in [-0.15, -0.1) is 0 Å². The summed E-state index contributed by atoms with van der Waals surface area (Å²) in [4.78, 5) is 28.6. The predicted octanol–water partition coefficient (Wildman–Crippen LogP) is 3.29. The lowest BCUT2D eigenvalue weighted by molar-refractivity contribution is -0.127. The number of piperazine rings is 1. The molecule has 1 N–H and O–H groups in total. The van der Waals surface area contributed by atoms with Gasteiger partial charge in [0.2, 0.25) is 5.91 Å². The van der Waals surface area contributed by atoms with E-state index in [1.54, 1.807) is 17.1 Å². The third-order valence-corrected chi connectivity index (χ3v) is 5.44. The van der Waals surface area contributed by atoms with Crippen molar-refractivity contribution in [1.82, 2.24) is 15.1 Å². The van der Waals surface area contributed by atoms with Crippen LogP contribution >= 0.6 is 0 Å². The average molecular weight is 386 g/mol. The molecule has 1 aliphatic carbocycles. The number of hydrogen-bond donors (Lipinski definition) is 1. The highest BCUT2D eigenvalue weighted by Crippen LogP contribution is 2.20. The Hall–Kier alpha value is -2.50. The first-order valence-corrected chi connectivity index (χ1v) is 10.4. The van der Waals surface area contributed by atoms with Crippen LogP contribution in [0.5, 0.6) is 5.75 Å². The highest BCUT2D eigenvalue weighted by Gasteiger charge is 2.25. The van der Waals surface area contributed by atoms with Gasteiger partial charge in [-0.2, -0.15) is 0 Å². The molecule has 1 saturated heterocycles. The van der Waals surface area contributed by atoms with Crippen LogP contribution in [0.2, 0.25) is 0 Å². The number of benzene rings is 1. The minimum Gasteiger partial charge on any atom is -0.493 e. The van der Waals surface area contributed by atoms with Crippen LogP contribution in [0.15, 0.2) is 30.3 Å². The van der Waals surface area contributed by atoms with Gasteiger partial charge in [0.05, 0.1) is 6.61 Å². The van der Waals surface area contributed by atoms with Crippen molar-refractivity contribution in [3.63, 3.8) is 0 Å². The van der Waals surface area contributed by atoms with E-state index in [9.17, 15) is 9.59 Å². The molecule has 1 heterocycles. The molecule has 3 rings (SSSR count). The van der Waals surface area contributed by atoms with Gasteiger partial charge in [-0.25, -0.2) is 4.79 Å². The highest BCUT2D eigenvalue weighted by atomic mass is 16.5. The van der Waals surface area contributed by atoms with Crippen molar-refractivity contribution in [2.45, 2.75) is 45.1 Å². The fourth-order valence-corrected chi connectivity index (χ4v) is 3.81. The van der Waals surface area contributed by atoms with Crippen LogP contribution in [0.1, 0.15) is 44.6 Å². The van der Waals surface area contributed by atoms with E-state index in [4.69, 9.17) is 4.74 Å². The molecule has 1 aliphatic heterocycles. The van der Waals surface area contributed by atoms with Crippen LogP contribution < -0.4 is 10.1 Å². The standard InChI is InChI=1S/C22H31N3O3/c1-2-28-20-11-7-6-8-18(20)12-13-21(26)24-14-16-25(17-15-24)22(27)23-19-9-4-3-5-10-19/h6-8,11-13,19H,2-5,9-10,14-17H2,1H3,(H,23,27)/b13-12+. The van der Waals surface area contributed by atoms with Gasteiger partial charge in [-0.05, 0) is 31.9 Å². The first kappa shape index (κ1) is 20.2. The Balaban J connectivity index is 1.47. The Bertz CT molecular complexity index is 690. The molecule has 1 aromatic carbocycles. The van der Waals surface area contributed by atoms with Gasteiger partial charge >= 0.3 is 6.03 Å². The number of hydrogen-bond acceptors (Lipinski definition) is 3. The van der Waals surface area contributed by atoms with E-state index < -0.39 is 0 Å². The Morgan fingerprint density at radius 3 is 2.46 bits per heavy atom. The lowest BCUT2D eigenvalue weighted by atomic mass is 9.96. The van der Waals surface area contributed by atoms with Gasteiger partial charge in [0, 0.05) is 43.9 Å². The molecule has 1 aromatic rings. The number of urea groups is 1. The summed E-state index contributed by atoms with van der Waals surface area (Å²) in [6.45, 7) is 4.81. The van der Waals surface area contributed by atoms with E-state index in [2.05, 4.69) is 5.32 Å². The number of nitrogens with zero attached hydrogens (tertiary/aromatic N) is 2. The number of amides is 3. The van der Waals surface area contributed by atoms with Gasteiger partial charge in [-0.3, -0.25) is 4.79 Å². The van der Waals surface area contributed by atoms with Crippen molar-refractivity contribution in [2.75, 3.05) is 32.8 Å². The van der Waals surface area contributed by atoms with Crippen molar-refractivity contribution in [1.29, 1.82) is 0 Å². The van der Waals surface area contributed by atoms with Crippen LogP contribution in [0.3, 0.4) is 0 Å². The Morgan fingerprint density at radius 2 is 1.75 bits per heavy atom. The maximum atomic E-state index is 12.5. The summed E-state index contributed by atoms with van der Waals surface area (Å²) in [5.74, 6) is 0.747. The summed E-state index contributed by atoms with van der Waals surface area (Å²) >= 11 is 0. The zero-order valence-electron chi connectivity index (χ0n) is 16.7. The van der Waals surface area contributed by atoms with E-state index in [0.29, 0.717) is 38.8 Å². The molecule has 2 fully saturated rings. The maximum Gasteiger partial charge on any atom is 0.317 e. The van der Waals surface area contributed by atoms with Crippen LogP contribution in [0, 0.1) is 0 Å². The lowest BCUT2D eigenvalue weighted by Crippen LogP contribution is -2.54. The zero-order chi connectivity index (χ0) is 19.8. The summed E-state index contributed by atoms with van der Waals surface area (Å²) in [6.07, 6.45) is 9.23. The molecule has 1 saturated carbocycles. The van der Waals surface area contributed by atoms with Crippen molar-refractivity contribution in [3.8, 4) is 5.75 Å². The lowest BCUT2D eigenvalue weighted by Gasteiger charge is -2.35. The molecule has 152 valence electrons. The molecular formula is C22H31N3O3. The van der Waals surface area contributed by atoms with Gasteiger partial charge in [-0.1, -0.05) is 37.5 Å². The van der Waals surface area contributed by atoms with Crippen molar-refractivity contribution >= 4 is 18.0 Å². The smallest absolute Gasteiger partial charge is 0.317 e. The first-order chi connectivity index (χ1) is 13.7. The minimum atomic E-state index is -0.0290. The Kier molecular flexibility index (Phi) is 7.34. The normalized spacial score (nSPS) is 18.3. The minimum absolute atomic E-state index is 0.0141. The van der Waals surface area contributed by atoms with Crippen molar-refractivity contribution in [3.05, 3.63) is 35.9 Å². The van der Waals surface area contributed by atoms with Crippen LogP contribution in [-0.4, -0.2) is 60.6 Å². The second-order valence-corrected chi connectivity index (χ2v) is 7.40. The molecule has 0 atom stereocenters. The number of ether oxygens (including phenoxy) is 1. The molecule has 0 unspecified atom stereocenters. The molecule has 0 radical (unpaired) electrons. The topological polar surface area (TPSA) is 61.9 Å². The molecule has 6 nitrogen and oxygen atoms in total. The van der Waals surface area contributed by atoms with E-state index in [1.807, 2.05) is 36.1 Å². The van der Waals surface area contributed by atoms with Gasteiger partial charge in [0.25, 0.3) is 0 Å². The SMILES string of the molecule is CCOc1ccccc1/C=C/C(=O)N1CCN(C(=O)NC2CCCCC2)CC1. The van der Waals surface area contributed by atoms with E-state index in [1.165, 1.54) is 19.3 Å². The van der Waals surface area contributed by atoms with E-state index in [-0.39, 0.29) is 11.9 Å². The predicted molar refractivity (Wildman–Crippen MR) is 110 cm³/mol.